The summed E-state index contributed by atoms with van der Waals surface area (Å²) in [6.07, 6.45) is 0.882. The van der Waals surface area contributed by atoms with Gasteiger partial charge in [-0.25, -0.2) is 8.42 Å². The number of hydrogen-bond donors (Lipinski definition) is 1. The highest BCUT2D eigenvalue weighted by atomic mass is 32.2. The summed E-state index contributed by atoms with van der Waals surface area (Å²) in [6, 6.07) is 1.84. The maximum absolute atomic E-state index is 12.3. The first-order chi connectivity index (χ1) is 7.91. The third-order valence-corrected chi connectivity index (χ3v) is 6.34. The van der Waals surface area contributed by atoms with E-state index in [1.807, 2.05) is 14.1 Å². The summed E-state index contributed by atoms with van der Waals surface area (Å²) in [5, 5.41) is 1.66. The van der Waals surface area contributed by atoms with Crippen LogP contribution in [0.3, 0.4) is 0 Å². The fourth-order valence-corrected chi connectivity index (χ4v) is 4.67. The van der Waals surface area contributed by atoms with Crippen LogP contribution in [0.4, 0.5) is 5.69 Å². The van der Waals surface area contributed by atoms with Crippen molar-refractivity contribution in [2.45, 2.75) is 16.7 Å². The lowest BCUT2D eigenvalue weighted by Gasteiger charge is -2.19. The molecule has 1 unspecified atom stereocenters. The molecule has 0 radical (unpaired) electrons. The Hall–Kier alpha value is -0.630. The molecule has 1 saturated heterocycles. The molecule has 0 saturated carbocycles. The van der Waals surface area contributed by atoms with Crippen molar-refractivity contribution in [3.8, 4) is 0 Å². The first-order valence-corrected chi connectivity index (χ1v) is 7.74. The van der Waals surface area contributed by atoms with Gasteiger partial charge in [0.05, 0.1) is 0 Å². The summed E-state index contributed by atoms with van der Waals surface area (Å²) in [7, 11) is 0.613. The third kappa shape index (κ3) is 2.47. The van der Waals surface area contributed by atoms with Crippen molar-refractivity contribution in [3.63, 3.8) is 0 Å². The van der Waals surface area contributed by atoms with Crippen LogP contribution in [-0.2, 0) is 10.0 Å². The molecule has 0 bridgehead atoms. The first-order valence-electron chi connectivity index (χ1n) is 5.42. The summed E-state index contributed by atoms with van der Waals surface area (Å²) in [5.74, 6) is 0. The third-order valence-electron chi connectivity index (χ3n) is 3.05. The quantitative estimate of drug-likeness (QED) is 0.880. The summed E-state index contributed by atoms with van der Waals surface area (Å²) >= 11 is 1.18. The van der Waals surface area contributed by atoms with Gasteiger partial charge in [-0.1, -0.05) is 0 Å². The predicted molar refractivity (Wildman–Crippen MR) is 69.6 cm³/mol. The largest absolute Gasteiger partial charge is 0.398 e. The number of sulfonamides is 1. The average Bonchev–Trinajstić information content (AvgIpc) is 2.85. The van der Waals surface area contributed by atoms with Crippen LogP contribution in [-0.4, -0.2) is 50.8 Å². The van der Waals surface area contributed by atoms with Gasteiger partial charge in [0.15, 0.2) is 0 Å². The van der Waals surface area contributed by atoms with Gasteiger partial charge < -0.3 is 10.6 Å². The van der Waals surface area contributed by atoms with E-state index in [0.717, 1.165) is 6.42 Å². The summed E-state index contributed by atoms with van der Waals surface area (Å²) in [6.45, 7) is 1.15. The molecule has 7 heteroatoms. The Morgan fingerprint density at radius 2 is 2.24 bits per heavy atom. The molecule has 17 heavy (non-hydrogen) atoms. The second kappa shape index (κ2) is 4.56. The molecule has 1 atom stereocenters. The zero-order valence-electron chi connectivity index (χ0n) is 9.96. The Morgan fingerprint density at radius 3 is 2.71 bits per heavy atom. The van der Waals surface area contributed by atoms with Gasteiger partial charge in [-0.3, -0.25) is 0 Å². The van der Waals surface area contributed by atoms with Crippen molar-refractivity contribution >= 4 is 27.0 Å². The summed E-state index contributed by atoms with van der Waals surface area (Å²) in [5.41, 5.74) is 6.08. The number of hydrogen-bond acceptors (Lipinski definition) is 5. The highest BCUT2D eigenvalue weighted by molar-refractivity contribution is 7.91. The second-order valence-corrected chi connectivity index (χ2v) is 7.54. The fraction of sp³-hybridized carbons (Fsp3) is 0.600. The van der Waals surface area contributed by atoms with E-state index in [2.05, 4.69) is 4.90 Å². The van der Waals surface area contributed by atoms with Crippen LogP contribution in [0.25, 0.3) is 0 Å². The van der Waals surface area contributed by atoms with Crippen molar-refractivity contribution in [2.24, 2.45) is 0 Å². The number of nitrogens with zero attached hydrogens (tertiary/aromatic N) is 2. The number of nitrogen functional groups attached to an aromatic ring is 1. The number of thiophene rings is 1. The van der Waals surface area contributed by atoms with Crippen LogP contribution in [0.15, 0.2) is 15.7 Å². The maximum Gasteiger partial charge on any atom is 0.252 e. The number of rotatable bonds is 3. The molecule has 0 spiro atoms. The maximum atomic E-state index is 12.3. The summed E-state index contributed by atoms with van der Waals surface area (Å²) in [4.78, 5) is 2.07. The average molecular weight is 275 g/mol. The van der Waals surface area contributed by atoms with Crippen LogP contribution in [0.2, 0.25) is 0 Å². The van der Waals surface area contributed by atoms with Crippen molar-refractivity contribution < 1.29 is 8.42 Å². The minimum Gasteiger partial charge on any atom is -0.398 e. The normalized spacial score (nSPS) is 22.4. The highest BCUT2D eigenvalue weighted by Crippen LogP contribution is 2.28. The van der Waals surface area contributed by atoms with E-state index in [0.29, 0.717) is 29.0 Å². The van der Waals surface area contributed by atoms with Gasteiger partial charge in [0.2, 0.25) is 0 Å². The van der Waals surface area contributed by atoms with Gasteiger partial charge >= 0.3 is 0 Å². The topological polar surface area (TPSA) is 66.6 Å². The molecule has 96 valence electrons. The zero-order chi connectivity index (χ0) is 12.6. The Balaban J connectivity index is 2.18. The Labute approximate surface area is 106 Å². The smallest absolute Gasteiger partial charge is 0.252 e. The fourth-order valence-electron chi connectivity index (χ4n) is 1.94. The van der Waals surface area contributed by atoms with E-state index in [1.165, 1.54) is 17.4 Å². The van der Waals surface area contributed by atoms with E-state index < -0.39 is 10.0 Å². The molecule has 1 aliphatic rings. The van der Waals surface area contributed by atoms with Crippen LogP contribution in [0, 0.1) is 0 Å². The van der Waals surface area contributed by atoms with E-state index in [4.69, 9.17) is 5.73 Å². The van der Waals surface area contributed by atoms with E-state index in [9.17, 15) is 8.42 Å². The molecule has 2 N–H and O–H groups in total. The van der Waals surface area contributed by atoms with E-state index in [1.54, 1.807) is 9.69 Å². The SMILES string of the molecule is CN(C)C1CCN(S(=O)(=O)c2cc(N)cs2)C1. The standard InChI is InChI=1S/C10H17N3O2S2/c1-12(2)9-3-4-13(6-9)17(14,15)10-5-8(11)7-16-10/h5,7,9H,3-4,6,11H2,1-2H3. The first kappa shape index (κ1) is 12.8. The van der Waals surface area contributed by atoms with Gasteiger partial charge in [0.25, 0.3) is 10.0 Å². The minimum absolute atomic E-state index is 0.307. The molecule has 2 heterocycles. The zero-order valence-corrected chi connectivity index (χ0v) is 11.6. The van der Waals surface area contributed by atoms with Gasteiger partial charge in [-0.15, -0.1) is 11.3 Å². The molecule has 2 rings (SSSR count). The monoisotopic (exact) mass is 275 g/mol. The lowest BCUT2D eigenvalue weighted by molar-refractivity contribution is 0.302. The molecular formula is C10H17N3O2S2. The Kier molecular flexibility index (Phi) is 3.44. The van der Waals surface area contributed by atoms with Crippen LogP contribution < -0.4 is 5.73 Å². The molecule has 0 aromatic carbocycles. The summed E-state index contributed by atoms with van der Waals surface area (Å²) < 4.78 is 26.4. The molecule has 5 nitrogen and oxygen atoms in total. The van der Waals surface area contributed by atoms with Crippen LogP contribution in [0.1, 0.15) is 6.42 Å². The predicted octanol–water partition coefficient (Wildman–Crippen LogP) is 0.655. The molecule has 1 fully saturated rings. The van der Waals surface area contributed by atoms with Gasteiger partial charge in [0, 0.05) is 30.2 Å². The Bertz CT molecular complexity index is 495. The lowest BCUT2D eigenvalue weighted by atomic mass is 10.2. The number of likely N-dealkylation sites (N-methyl/N-ethyl adjacent to an activating group) is 1. The molecule has 1 aliphatic heterocycles. The van der Waals surface area contributed by atoms with Gasteiger partial charge in [-0.05, 0) is 26.6 Å². The lowest BCUT2D eigenvalue weighted by Crippen LogP contribution is -2.34. The van der Waals surface area contributed by atoms with Crippen molar-refractivity contribution in [1.29, 1.82) is 0 Å². The van der Waals surface area contributed by atoms with Crippen LogP contribution in [0.5, 0.6) is 0 Å². The number of nitrogens with two attached hydrogens (primary N) is 1. The molecular weight excluding hydrogens is 258 g/mol. The second-order valence-electron chi connectivity index (χ2n) is 4.47. The molecule has 0 amide bonds. The van der Waals surface area contributed by atoms with E-state index >= 15 is 0 Å². The molecule has 0 aliphatic carbocycles. The molecule has 1 aromatic heterocycles. The highest BCUT2D eigenvalue weighted by Gasteiger charge is 2.34. The van der Waals surface area contributed by atoms with Gasteiger partial charge in [-0.2, -0.15) is 4.31 Å². The molecule has 1 aromatic rings. The van der Waals surface area contributed by atoms with Crippen LogP contribution >= 0.6 is 11.3 Å². The number of anilines is 1. The van der Waals surface area contributed by atoms with Gasteiger partial charge in [0.1, 0.15) is 4.21 Å². The van der Waals surface area contributed by atoms with Crippen molar-refractivity contribution in [3.05, 3.63) is 11.4 Å². The Morgan fingerprint density at radius 1 is 1.53 bits per heavy atom. The minimum atomic E-state index is -3.34. The van der Waals surface area contributed by atoms with E-state index in [-0.39, 0.29) is 0 Å². The van der Waals surface area contributed by atoms with Crippen molar-refractivity contribution in [1.82, 2.24) is 9.21 Å². The van der Waals surface area contributed by atoms with Crippen molar-refractivity contribution in [2.75, 3.05) is 32.9 Å².